The van der Waals surface area contributed by atoms with Crippen LogP contribution in [0.5, 0.6) is 0 Å². The lowest BCUT2D eigenvalue weighted by atomic mass is 10.1. The van der Waals surface area contributed by atoms with E-state index in [1.165, 1.54) is 0 Å². The monoisotopic (exact) mass is 226 g/mol. The predicted molar refractivity (Wildman–Crippen MR) is 63.0 cm³/mol. The van der Waals surface area contributed by atoms with Crippen LogP contribution in [-0.4, -0.2) is 11.9 Å². The van der Waals surface area contributed by atoms with Crippen LogP contribution < -0.4 is 11.1 Å². The van der Waals surface area contributed by atoms with Gasteiger partial charge in [0, 0.05) is 23.2 Å². The average Bonchev–Trinajstić information content (AvgIpc) is 2.17. The third-order valence-corrected chi connectivity index (χ3v) is 2.32. The zero-order chi connectivity index (χ0) is 11.3. The number of nitrogens with two attached hydrogens (primary N) is 1. The quantitative estimate of drug-likeness (QED) is 0.829. The van der Waals surface area contributed by atoms with Gasteiger partial charge in [-0.25, -0.2) is 0 Å². The lowest BCUT2D eigenvalue weighted by Crippen LogP contribution is -2.26. The van der Waals surface area contributed by atoms with Crippen LogP contribution in [0.1, 0.15) is 19.8 Å². The van der Waals surface area contributed by atoms with Gasteiger partial charge < -0.3 is 11.1 Å². The van der Waals surface area contributed by atoms with Crippen molar-refractivity contribution in [3.8, 4) is 0 Å². The summed E-state index contributed by atoms with van der Waals surface area (Å²) in [6, 6.07) is 6.97. The SMILES string of the molecule is CCC(N)CC(=O)Nc1cccc(Cl)c1. The Morgan fingerprint density at radius 3 is 2.93 bits per heavy atom. The summed E-state index contributed by atoms with van der Waals surface area (Å²) in [6.45, 7) is 1.96. The molecule has 0 aliphatic heterocycles. The minimum absolute atomic E-state index is 0.0772. The number of halogens is 1. The number of hydrogen-bond acceptors (Lipinski definition) is 2. The predicted octanol–water partition coefficient (Wildman–Crippen LogP) is 2.41. The third kappa shape index (κ3) is 4.32. The second-order valence-corrected chi connectivity index (χ2v) is 3.87. The molecule has 1 amide bonds. The largest absolute Gasteiger partial charge is 0.327 e. The van der Waals surface area contributed by atoms with Gasteiger partial charge in [0.1, 0.15) is 0 Å². The maximum absolute atomic E-state index is 11.5. The Morgan fingerprint density at radius 1 is 1.60 bits per heavy atom. The van der Waals surface area contributed by atoms with Gasteiger partial charge in [-0.05, 0) is 24.6 Å². The molecule has 1 atom stereocenters. The number of anilines is 1. The molecule has 1 unspecified atom stereocenters. The van der Waals surface area contributed by atoms with Crippen LogP contribution in [0.15, 0.2) is 24.3 Å². The molecule has 0 bridgehead atoms. The van der Waals surface area contributed by atoms with Gasteiger partial charge in [0.05, 0.1) is 0 Å². The minimum atomic E-state index is -0.0795. The summed E-state index contributed by atoms with van der Waals surface area (Å²) >= 11 is 5.79. The first-order valence-electron chi connectivity index (χ1n) is 4.92. The molecule has 4 heteroatoms. The summed E-state index contributed by atoms with van der Waals surface area (Å²) in [5.74, 6) is -0.0772. The molecule has 0 spiro atoms. The molecule has 0 saturated carbocycles. The van der Waals surface area contributed by atoms with Crippen LogP contribution in [0, 0.1) is 0 Å². The van der Waals surface area contributed by atoms with E-state index < -0.39 is 0 Å². The van der Waals surface area contributed by atoms with E-state index in [1.807, 2.05) is 6.92 Å². The summed E-state index contributed by atoms with van der Waals surface area (Å²) in [7, 11) is 0. The van der Waals surface area contributed by atoms with Gasteiger partial charge in [-0.1, -0.05) is 24.6 Å². The van der Waals surface area contributed by atoms with Crippen LogP contribution in [-0.2, 0) is 4.79 Å². The average molecular weight is 227 g/mol. The summed E-state index contributed by atoms with van der Waals surface area (Å²) in [5.41, 5.74) is 6.37. The first-order chi connectivity index (χ1) is 7.11. The Hall–Kier alpha value is -1.06. The van der Waals surface area contributed by atoms with Gasteiger partial charge in [-0.2, -0.15) is 0 Å². The van der Waals surface area contributed by atoms with Crippen LogP contribution in [0.25, 0.3) is 0 Å². The van der Waals surface area contributed by atoms with E-state index in [0.29, 0.717) is 17.1 Å². The number of carbonyl (C=O) groups is 1. The molecular weight excluding hydrogens is 212 g/mol. The van der Waals surface area contributed by atoms with Crippen LogP contribution in [0.2, 0.25) is 5.02 Å². The maximum atomic E-state index is 11.5. The van der Waals surface area contributed by atoms with Gasteiger partial charge in [-0.3, -0.25) is 4.79 Å². The maximum Gasteiger partial charge on any atom is 0.225 e. The molecule has 1 rings (SSSR count). The highest BCUT2D eigenvalue weighted by Gasteiger charge is 2.07. The molecule has 82 valence electrons. The normalized spacial score (nSPS) is 12.2. The van der Waals surface area contributed by atoms with Gasteiger partial charge in [0.2, 0.25) is 5.91 Å². The Kier molecular flexibility index (Phi) is 4.59. The van der Waals surface area contributed by atoms with E-state index in [4.69, 9.17) is 17.3 Å². The third-order valence-electron chi connectivity index (χ3n) is 2.08. The first-order valence-corrected chi connectivity index (χ1v) is 5.30. The van der Waals surface area contributed by atoms with Crippen LogP contribution in [0.4, 0.5) is 5.69 Å². The smallest absolute Gasteiger partial charge is 0.225 e. The van der Waals surface area contributed by atoms with Crippen molar-refractivity contribution in [1.29, 1.82) is 0 Å². The van der Waals surface area contributed by atoms with E-state index in [2.05, 4.69) is 5.32 Å². The van der Waals surface area contributed by atoms with Crippen molar-refractivity contribution < 1.29 is 4.79 Å². The minimum Gasteiger partial charge on any atom is -0.327 e. The lowest BCUT2D eigenvalue weighted by molar-refractivity contribution is -0.116. The Bertz CT molecular complexity index is 341. The standard InChI is InChI=1S/C11H15ClN2O/c1-2-9(13)7-11(15)14-10-5-3-4-8(12)6-10/h3-6,9H,2,7,13H2,1H3,(H,14,15). The molecule has 0 aliphatic rings. The second kappa shape index (κ2) is 5.73. The number of amides is 1. The van der Waals surface area contributed by atoms with Gasteiger partial charge in [-0.15, -0.1) is 0 Å². The fraction of sp³-hybridized carbons (Fsp3) is 0.364. The van der Waals surface area contributed by atoms with Crippen molar-refractivity contribution in [1.82, 2.24) is 0 Å². The van der Waals surface area contributed by atoms with Gasteiger partial charge >= 0.3 is 0 Å². The molecule has 0 saturated heterocycles. The number of benzene rings is 1. The molecule has 1 aromatic carbocycles. The Labute approximate surface area is 94.6 Å². The number of hydrogen-bond donors (Lipinski definition) is 2. The van der Waals surface area contributed by atoms with Crippen LogP contribution >= 0.6 is 11.6 Å². The molecule has 0 aliphatic carbocycles. The molecule has 0 heterocycles. The number of carbonyl (C=O) groups excluding carboxylic acids is 1. The second-order valence-electron chi connectivity index (χ2n) is 3.43. The zero-order valence-corrected chi connectivity index (χ0v) is 9.42. The van der Waals surface area contributed by atoms with E-state index >= 15 is 0 Å². The summed E-state index contributed by atoms with van der Waals surface area (Å²) in [6.07, 6.45) is 1.13. The van der Waals surface area contributed by atoms with E-state index in [1.54, 1.807) is 24.3 Å². The van der Waals surface area contributed by atoms with Crippen molar-refractivity contribution in [2.24, 2.45) is 5.73 Å². The van der Waals surface area contributed by atoms with Crippen molar-refractivity contribution >= 4 is 23.2 Å². The molecule has 0 radical (unpaired) electrons. The Balaban J connectivity index is 2.51. The fourth-order valence-electron chi connectivity index (χ4n) is 1.16. The summed E-state index contributed by atoms with van der Waals surface area (Å²) < 4.78 is 0. The van der Waals surface area contributed by atoms with Crippen molar-refractivity contribution in [2.45, 2.75) is 25.8 Å². The van der Waals surface area contributed by atoms with Crippen LogP contribution in [0.3, 0.4) is 0 Å². The van der Waals surface area contributed by atoms with E-state index in [-0.39, 0.29) is 11.9 Å². The first kappa shape index (κ1) is 12.0. The van der Waals surface area contributed by atoms with Crippen molar-refractivity contribution in [3.05, 3.63) is 29.3 Å². The number of rotatable bonds is 4. The van der Waals surface area contributed by atoms with Crippen molar-refractivity contribution in [2.75, 3.05) is 5.32 Å². The lowest BCUT2D eigenvalue weighted by Gasteiger charge is -2.09. The highest BCUT2D eigenvalue weighted by atomic mass is 35.5. The van der Waals surface area contributed by atoms with Crippen molar-refractivity contribution in [3.63, 3.8) is 0 Å². The summed E-state index contributed by atoms with van der Waals surface area (Å²) in [4.78, 5) is 11.5. The van der Waals surface area contributed by atoms with E-state index in [9.17, 15) is 4.79 Å². The topological polar surface area (TPSA) is 55.1 Å². The Morgan fingerprint density at radius 2 is 2.33 bits per heavy atom. The molecule has 0 aromatic heterocycles. The van der Waals surface area contributed by atoms with Gasteiger partial charge in [0.15, 0.2) is 0 Å². The zero-order valence-electron chi connectivity index (χ0n) is 8.66. The highest BCUT2D eigenvalue weighted by molar-refractivity contribution is 6.30. The highest BCUT2D eigenvalue weighted by Crippen LogP contribution is 2.15. The molecular formula is C11H15ClN2O. The fourth-order valence-corrected chi connectivity index (χ4v) is 1.35. The molecule has 15 heavy (non-hydrogen) atoms. The number of nitrogens with one attached hydrogen (secondary N) is 1. The van der Waals surface area contributed by atoms with E-state index in [0.717, 1.165) is 6.42 Å². The molecule has 1 aromatic rings. The molecule has 0 fully saturated rings. The molecule has 3 nitrogen and oxygen atoms in total. The summed E-state index contributed by atoms with van der Waals surface area (Å²) in [5, 5.41) is 3.35. The van der Waals surface area contributed by atoms with Gasteiger partial charge in [0.25, 0.3) is 0 Å². The molecule has 3 N–H and O–H groups in total.